The first-order valence-electron chi connectivity index (χ1n) is 5.24. The van der Waals surface area contributed by atoms with Crippen molar-refractivity contribution in [2.45, 2.75) is 31.7 Å². The van der Waals surface area contributed by atoms with Gasteiger partial charge in [0.05, 0.1) is 0 Å². The summed E-state index contributed by atoms with van der Waals surface area (Å²) in [6, 6.07) is 3.05. The number of nitrogen functional groups attached to an aromatic ring is 1. The second kappa shape index (κ2) is 3.94. The molecule has 16 heavy (non-hydrogen) atoms. The highest BCUT2D eigenvalue weighted by molar-refractivity contribution is 6.29. The van der Waals surface area contributed by atoms with E-state index < -0.39 is 0 Å². The summed E-state index contributed by atoms with van der Waals surface area (Å²) in [5.41, 5.74) is 5.93. The van der Waals surface area contributed by atoms with E-state index in [9.17, 15) is 4.79 Å². The first kappa shape index (κ1) is 11.2. The molecule has 0 spiro atoms. The number of carbonyl (C=O) groups excluding carboxylic acids is 1. The molecule has 5 heteroatoms. The monoisotopic (exact) mass is 239 g/mol. The third kappa shape index (κ3) is 2.27. The van der Waals surface area contributed by atoms with E-state index in [4.69, 9.17) is 17.3 Å². The van der Waals surface area contributed by atoms with Gasteiger partial charge in [-0.15, -0.1) is 0 Å². The molecule has 1 aromatic rings. The molecule has 0 aromatic carbocycles. The molecule has 1 aliphatic rings. The zero-order valence-corrected chi connectivity index (χ0v) is 9.84. The van der Waals surface area contributed by atoms with Crippen LogP contribution in [0.4, 0.5) is 5.82 Å². The Bertz CT molecular complexity index is 409. The Kier molecular flexibility index (Phi) is 2.76. The van der Waals surface area contributed by atoms with Crippen LogP contribution < -0.4 is 11.1 Å². The number of nitrogens with one attached hydrogen (secondary N) is 1. The number of hydrogen-bond donors (Lipinski definition) is 2. The molecule has 86 valence electrons. The minimum Gasteiger partial charge on any atom is -0.384 e. The van der Waals surface area contributed by atoms with Crippen LogP contribution in [0, 0.1) is 0 Å². The minimum absolute atomic E-state index is 0.0679. The second-order valence-electron chi connectivity index (χ2n) is 4.47. The Hall–Kier alpha value is -1.29. The van der Waals surface area contributed by atoms with Crippen molar-refractivity contribution in [2.24, 2.45) is 0 Å². The number of aromatic nitrogens is 1. The van der Waals surface area contributed by atoms with Crippen molar-refractivity contribution in [3.63, 3.8) is 0 Å². The molecular weight excluding hydrogens is 226 g/mol. The summed E-state index contributed by atoms with van der Waals surface area (Å²) < 4.78 is 0. The third-order valence-corrected chi connectivity index (χ3v) is 3.14. The molecule has 3 N–H and O–H groups in total. The molecule has 1 amide bonds. The fourth-order valence-electron chi connectivity index (χ4n) is 1.83. The lowest BCUT2D eigenvalue weighted by Gasteiger charge is -2.39. The van der Waals surface area contributed by atoms with Crippen molar-refractivity contribution in [1.82, 2.24) is 10.3 Å². The molecule has 0 aliphatic heterocycles. The molecule has 4 nitrogen and oxygen atoms in total. The highest BCUT2D eigenvalue weighted by Crippen LogP contribution is 2.31. The molecule has 0 bridgehead atoms. The van der Waals surface area contributed by atoms with Crippen LogP contribution in [0.5, 0.6) is 0 Å². The Morgan fingerprint density at radius 3 is 2.75 bits per heavy atom. The van der Waals surface area contributed by atoms with Crippen molar-refractivity contribution in [3.8, 4) is 0 Å². The number of hydrogen-bond acceptors (Lipinski definition) is 3. The number of halogens is 1. The van der Waals surface area contributed by atoms with Crippen molar-refractivity contribution >= 4 is 23.3 Å². The van der Waals surface area contributed by atoms with Gasteiger partial charge in [0.15, 0.2) is 0 Å². The second-order valence-corrected chi connectivity index (χ2v) is 4.86. The Labute approximate surface area is 99.2 Å². The molecular formula is C11H14ClN3O. The molecule has 1 aromatic heterocycles. The smallest absolute Gasteiger partial charge is 0.251 e. The van der Waals surface area contributed by atoms with Crippen molar-refractivity contribution in [3.05, 3.63) is 22.8 Å². The highest BCUT2D eigenvalue weighted by atomic mass is 35.5. The highest BCUT2D eigenvalue weighted by Gasteiger charge is 2.33. The van der Waals surface area contributed by atoms with Gasteiger partial charge in [-0.2, -0.15) is 0 Å². The van der Waals surface area contributed by atoms with Crippen LogP contribution in [-0.2, 0) is 0 Å². The molecule has 1 heterocycles. The van der Waals surface area contributed by atoms with Crippen molar-refractivity contribution < 1.29 is 4.79 Å². The van der Waals surface area contributed by atoms with Gasteiger partial charge in [-0.25, -0.2) is 4.98 Å². The molecule has 2 rings (SSSR count). The standard InChI is InChI=1S/C11H14ClN3O/c1-11(3-2-4-11)15-10(16)7-5-8(12)14-9(13)6-7/h5-6H,2-4H2,1H3,(H2,13,14)(H,15,16). The van der Waals surface area contributed by atoms with Crippen LogP contribution in [0.1, 0.15) is 36.5 Å². The predicted molar refractivity (Wildman–Crippen MR) is 63.4 cm³/mol. The summed E-state index contributed by atoms with van der Waals surface area (Å²) in [5.74, 6) is 0.120. The van der Waals surface area contributed by atoms with Gasteiger partial charge in [0.2, 0.25) is 0 Å². The summed E-state index contributed by atoms with van der Waals surface area (Å²) in [4.78, 5) is 15.7. The fraction of sp³-hybridized carbons (Fsp3) is 0.455. The van der Waals surface area contributed by atoms with Gasteiger partial charge in [0, 0.05) is 11.1 Å². The van der Waals surface area contributed by atoms with Gasteiger partial charge < -0.3 is 11.1 Å². The maximum Gasteiger partial charge on any atom is 0.251 e. The quantitative estimate of drug-likeness (QED) is 0.776. The number of amides is 1. The number of anilines is 1. The zero-order valence-electron chi connectivity index (χ0n) is 9.09. The van der Waals surface area contributed by atoms with Crippen LogP contribution in [0.2, 0.25) is 5.15 Å². The van der Waals surface area contributed by atoms with Crippen LogP contribution in [0.15, 0.2) is 12.1 Å². The largest absolute Gasteiger partial charge is 0.384 e. The first-order chi connectivity index (χ1) is 7.48. The van der Waals surface area contributed by atoms with Gasteiger partial charge in [-0.05, 0) is 38.3 Å². The van der Waals surface area contributed by atoms with Crippen LogP contribution in [-0.4, -0.2) is 16.4 Å². The summed E-state index contributed by atoms with van der Waals surface area (Å²) in [7, 11) is 0. The minimum atomic E-state index is -0.141. The Morgan fingerprint density at radius 1 is 1.56 bits per heavy atom. The van der Waals surface area contributed by atoms with E-state index in [2.05, 4.69) is 10.3 Å². The summed E-state index contributed by atoms with van der Waals surface area (Å²) in [6.45, 7) is 2.04. The number of carbonyl (C=O) groups is 1. The number of nitrogens with two attached hydrogens (primary N) is 1. The van der Waals surface area contributed by atoms with Crippen LogP contribution in [0.25, 0.3) is 0 Å². The van der Waals surface area contributed by atoms with Gasteiger partial charge in [-0.1, -0.05) is 11.6 Å². The first-order valence-corrected chi connectivity index (χ1v) is 5.62. The summed E-state index contributed by atoms with van der Waals surface area (Å²) in [5, 5.41) is 3.22. The molecule has 1 fully saturated rings. The van der Waals surface area contributed by atoms with E-state index in [-0.39, 0.29) is 22.4 Å². The van der Waals surface area contributed by atoms with Crippen LogP contribution in [0.3, 0.4) is 0 Å². The van der Waals surface area contributed by atoms with E-state index in [0.717, 1.165) is 19.3 Å². The lowest BCUT2D eigenvalue weighted by Crippen LogP contribution is -2.50. The van der Waals surface area contributed by atoms with E-state index in [1.54, 1.807) is 0 Å². The van der Waals surface area contributed by atoms with Crippen molar-refractivity contribution in [1.29, 1.82) is 0 Å². The normalized spacial score (nSPS) is 17.6. The maximum atomic E-state index is 11.9. The molecule has 0 radical (unpaired) electrons. The summed E-state index contributed by atoms with van der Waals surface area (Å²) in [6.07, 6.45) is 3.20. The molecule has 1 saturated carbocycles. The molecule has 1 aliphatic carbocycles. The van der Waals surface area contributed by atoms with Gasteiger partial charge >= 0.3 is 0 Å². The van der Waals surface area contributed by atoms with Crippen LogP contribution >= 0.6 is 11.6 Å². The topological polar surface area (TPSA) is 68.0 Å². The van der Waals surface area contributed by atoms with Gasteiger partial charge in [-0.3, -0.25) is 4.79 Å². The average molecular weight is 240 g/mol. The maximum absolute atomic E-state index is 11.9. The SMILES string of the molecule is CC1(NC(=O)c2cc(N)nc(Cl)c2)CCC1. The fourth-order valence-corrected chi connectivity index (χ4v) is 2.04. The zero-order chi connectivity index (χ0) is 11.8. The van der Waals surface area contributed by atoms with E-state index >= 15 is 0 Å². The lowest BCUT2D eigenvalue weighted by molar-refractivity contribution is 0.0850. The molecule has 0 unspecified atom stereocenters. The number of pyridine rings is 1. The Morgan fingerprint density at radius 2 is 2.25 bits per heavy atom. The third-order valence-electron chi connectivity index (χ3n) is 2.95. The van der Waals surface area contributed by atoms with E-state index in [0.29, 0.717) is 5.56 Å². The number of nitrogens with zero attached hydrogens (tertiary/aromatic N) is 1. The number of rotatable bonds is 2. The van der Waals surface area contributed by atoms with Crippen molar-refractivity contribution in [2.75, 3.05) is 5.73 Å². The molecule has 0 atom stereocenters. The average Bonchev–Trinajstić information content (AvgIpc) is 2.13. The van der Waals surface area contributed by atoms with Gasteiger partial charge in [0.25, 0.3) is 5.91 Å². The lowest BCUT2D eigenvalue weighted by atomic mass is 9.78. The Balaban J connectivity index is 2.14. The van der Waals surface area contributed by atoms with Gasteiger partial charge in [0.1, 0.15) is 11.0 Å². The summed E-state index contributed by atoms with van der Waals surface area (Å²) >= 11 is 5.74. The molecule has 0 saturated heterocycles. The predicted octanol–water partition coefficient (Wildman–Crippen LogP) is 1.99. The van der Waals surface area contributed by atoms with E-state index in [1.165, 1.54) is 12.1 Å². The van der Waals surface area contributed by atoms with E-state index in [1.807, 2.05) is 6.92 Å².